The molecule has 2 aromatic rings. The number of hydrogen-bond donors (Lipinski definition) is 1. The molecule has 0 fully saturated rings. The molecule has 0 saturated carbocycles. The maximum absolute atomic E-state index is 5.35. The summed E-state index contributed by atoms with van der Waals surface area (Å²) in [5, 5.41) is 3.17. The van der Waals surface area contributed by atoms with Gasteiger partial charge in [0, 0.05) is 12.7 Å². The predicted molar refractivity (Wildman–Crippen MR) is 77.5 cm³/mol. The normalized spacial score (nSPS) is 10.2. The van der Waals surface area contributed by atoms with Gasteiger partial charge < -0.3 is 10.1 Å². The number of aryl methyl sites for hydroxylation is 2. The van der Waals surface area contributed by atoms with E-state index in [1.807, 2.05) is 7.05 Å². The molecule has 0 heterocycles. The van der Waals surface area contributed by atoms with Gasteiger partial charge in [0.1, 0.15) is 5.75 Å². The van der Waals surface area contributed by atoms with Crippen LogP contribution in [-0.2, 0) is 0 Å². The Morgan fingerprint density at radius 3 is 2.44 bits per heavy atom. The SMILES string of the molecule is CNc1cccc(-c2cc(C)c(OC)cc2C)c1. The summed E-state index contributed by atoms with van der Waals surface area (Å²) >= 11 is 0. The number of ether oxygens (including phenoxy) is 1. The van der Waals surface area contributed by atoms with Gasteiger partial charge in [-0.15, -0.1) is 0 Å². The number of anilines is 1. The van der Waals surface area contributed by atoms with Gasteiger partial charge >= 0.3 is 0 Å². The summed E-state index contributed by atoms with van der Waals surface area (Å²) in [5.41, 5.74) is 5.99. The summed E-state index contributed by atoms with van der Waals surface area (Å²) < 4.78 is 5.35. The Kier molecular flexibility index (Phi) is 3.56. The highest BCUT2D eigenvalue weighted by Crippen LogP contribution is 2.31. The minimum Gasteiger partial charge on any atom is -0.496 e. The molecule has 0 aliphatic heterocycles. The van der Waals surface area contributed by atoms with Gasteiger partial charge in [-0.1, -0.05) is 12.1 Å². The lowest BCUT2D eigenvalue weighted by molar-refractivity contribution is 0.411. The molecule has 2 heteroatoms. The zero-order chi connectivity index (χ0) is 13.1. The first kappa shape index (κ1) is 12.5. The maximum atomic E-state index is 5.35. The minimum absolute atomic E-state index is 0.945. The van der Waals surface area contributed by atoms with Crippen LogP contribution in [0.5, 0.6) is 5.75 Å². The summed E-state index contributed by atoms with van der Waals surface area (Å²) in [7, 11) is 3.65. The van der Waals surface area contributed by atoms with E-state index in [1.54, 1.807) is 7.11 Å². The fraction of sp³-hybridized carbons (Fsp3) is 0.250. The Labute approximate surface area is 109 Å². The Bertz CT molecular complexity index is 561. The van der Waals surface area contributed by atoms with Crippen molar-refractivity contribution in [1.29, 1.82) is 0 Å². The van der Waals surface area contributed by atoms with Gasteiger partial charge in [-0.05, 0) is 60.4 Å². The molecule has 2 nitrogen and oxygen atoms in total. The third-order valence-corrected chi connectivity index (χ3v) is 3.20. The molecule has 1 N–H and O–H groups in total. The molecule has 2 rings (SSSR count). The summed E-state index contributed by atoms with van der Waals surface area (Å²) in [6, 6.07) is 12.7. The van der Waals surface area contributed by atoms with Crippen LogP contribution in [0.3, 0.4) is 0 Å². The van der Waals surface area contributed by atoms with Crippen molar-refractivity contribution in [3.63, 3.8) is 0 Å². The van der Waals surface area contributed by atoms with E-state index in [2.05, 4.69) is 55.6 Å². The smallest absolute Gasteiger partial charge is 0.122 e. The Morgan fingerprint density at radius 1 is 1.00 bits per heavy atom. The van der Waals surface area contributed by atoms with Crippen molar-refractivity contribution < 1.29 is 4.74 Å². The van der Waals surface area contributed by atoms with Crippen molar-refractivity contribution in [2.45, 2.75) is 13.8 Å². The van der Waals surface area contributed by atoms with Gasteiger partial charge in [0.25, 0.3) is 0 Å². The highest BCUT2D eigenvalue weighted by atomic mass is 16.5. The fourth-order valence-electron chi connectivity index (χ4n) is 2.16. The average Bonchev–Trinajstić information content (AvgIpc) is 2.41. The van der Waals surface area contributed by atoms with Crippen LogP contribution in [0.4, 0.5) is 5.69 Å². The zero-order valence-electron chi connectivity index (χ0n) is 11.4. The molecule has 0 spiro atoms. The summed E-state index contributed by atoms with van der Waals surface area (Å²) in [4.78, 5) is 0. The van der Waals surface area contributed by atoms with Gasteiger partial charge in [0.2, 0.25) is 0 Å². The lowest BCUT2D eigenvalue weighted by atomic mass is 9.97. The van der Waals surface area contributed by atoms with Crippen molar-refractivity contribution in [3.8, 4) is 16.9 Å². The monoisotopic (exact) mass is 241 g/mol. The van der Waals surface area contributed by atoms with Gasteiger partial charge in [0.05, 0.1) is 7.11 Å². The van der Waals surface area contributed by atoms with E-state index in [0.717, 1.165) is 17.0 Å². The van der Waals surface area contributed by atoms with E-state index < -0.39 is 0 Å². The van der Waals surface area contributed by atoms with Crippen molar-refractivity contribution >= 4 is 5.69 Å². The quantitative estimate of drug-likeness (QED) is 0.876. The van der Waals surface area contributed by atoms with Crippen molar-refractivity contribution in [1.82, 2.24) is 0 Å². The van der Waals surface area contributed by atoms with Crippen LogP contribution >= 0.6 is 0 Å². The molecular formula is C16H19NO. The lowest BCUT2D eigenvalue weighted by Crippen LogP contribution is -1.92. The highest BCUT2D eigenvalue weighted by molar-refractivity contribution is 5.72. The second kappa shape index (κ2) is 5.13. The van der Waals surface area contributed by atoms with E-state index >= 15 is 0 Å². The topological polar surface area (TPSA) is 21.3 Å². The number of benzene rings is 2. The number of hydrogen-bond acceptors (Lipinski definition) is 2. The molecular weight excluding hydrogens is 222 g/mol. The molecule has 0 aliphatic carbocycles. The van der Waals surface area contributed by atoms with Crippen molar-refractivity contribution in [2.75, 3.05) is 19.5 Å². The van der Waals surface area contributed by atoms with Crippen LogP contribution in [0.2, 0.25) is 0 Å². The van der Waals surface area contributed by atoms with Gasteiger partial charge in [-0.3, -0.25) is 0 Å². The third kappa shape index (κ3) is 2.33. The first-order valence-electron chi connectivity index (χ1n) is 6.09. The van der Waals surface area contributed by atoms with E-state index in [9.17, 15) is 0 Å². The Morgan fingerprint density at radius 2 is 1.78 bits per heavy atom. The van der Waals surface area contributed by atoms with Gasteiger partial charge in [-0.25, -0.2) is 0 Å². The molecule has 0 radical (unpaired) electrons. The molecule has 0 amide bonds. The summed E-state index contributed by atoms with van der Waals surface area (Å²) in [5.74, 6) is 0.945. The molecule has 0 bridgehead atoms. The summed E-state index contributed by atoms with van der Waals surface area (Å²) in [6.07, 6.45) is 0. The molecule has 0 unspecified atom stereocenters. The molecule has 18 heavy (non-hydrogen) atoms. The second-order valence-electron chi connectivity index (χ2n) is 4.47. The minimum atomic E-state index is 0.945. The first-order chi connectivity index (χ1) is 8.65. The predicted octanol–water partition coefficient (Wildman–Crippen LogP) is 4.02. The average molecular weight is 241 g/mol. The molecule has 2 aromatic carbocycles. The number of methoxy groups -OCH3 is 1. The number of rotatable bonds is 3. The molecule has 94 valence electrons. The Hall–Kier alpha value is -1.96. The Balaban J connectivity index is 2.53. The first-order valence-corrected chi connectivity index (χ1v) is 6.09. The molecule has 0 atom stereocenters. The standard InChI is InChI=1S/C16H19NO/c1-11-9-16(18-4)12(2)8-15(11)13-6-5-7-14(10-13)17-3/h5-10,17H,1-4H3. The highest BCUT2D eigenvalue weighted by Gasteiger charge is 2.07. The molecule has 0 saturated heterocycles. The van der Waals surface area contributed by atoms with E-state index in [4.69, 9.17) is 4.74 Å². The van der Waals surface area contributed by atoms with Crippen LogP contribution in [0.15, 0.2) is 36.4 Å². The van der Waals surface area contributed by atoms with E-state index in [-0.39, 0.29) is 0 Å². The van der Waals surface area contributed by atoms with Crippen LogP contribution in [0.1, 0.15) is 11.1 Å². The van der Waals surface area contributed by atoms with Gasteiger partial charge in [0.15, 0.2) is 0 Å². The largest absolute Gasteiger partial charge is 0.496 e. The van der Waals surface area contributed by atoms with Gasteiger partial charge in [-0.2, -0.15) is 0 Å². The molecule has 0 aromatic heterocycles. The van der Waals surface area contributed by atoms with Crippen molar-refractivity contribution in [2.24, 2.45) is 0 Å². The maximum Gasteiger partial charge on any atom is 0.122 e. The third-order valence-electron chi connectivity index (χ3n) is 3.20. The van der Waals surface area contributed by atoms with Crippen LogP contribution in [-0.4, -0.2) is 14.2 Å². The fourth-order valence-corrected chi connectivity index (χ4v) is 2.16. The van der Waals surface area contributed by atoms with E-state index in [0.29, 0.717) is 0 Å². The van der Waals surface area contributed by atoms with Crippen molar-refractivity contribution in [3.05, 3.63) is 47.5 Å². The van der Waals surface area contributed by atoms with Crippen LogP contribution < -0.4 is 10.1 Å². The van der Waals surface area contributed by atoms with E-state index in [1.165, 1.54) is 16.7 Å². The molecule has 0 aliphatic rings. The zero-order valence-corrected chi connectivity index (χ0v) is 11.4. The lowest BCUT2D eigenvalue weighted by Gasteiger charge is -2.12. The van der Waals surface area contributed by atoms with Crippen LogP contribution in [0, 0.1) is 13.8 Å². The van der Waals surface area contributed by atoms with Crippen LogP contribution in [0.25, 0.3) is 11.1 Å². The second-order valence-corrected chi connectivity index (χ2v) is 4.47. The summed E-state index contributed by atoms with van der Waals surface area (Å²) in [6.45, 7) is 4.19. The number of nitrogens with one attached hydrogen (secondary N) is 1.